The smallest absolute Gasteiger partial charge is 0.308 e. The van der Waals surface area contributed by atoms with Gasteiger partial charge in [-0.25, -0.2) is 0 Å². The molecule has 0 radical (unpaired) electrons. The molecule has 0 saturated heterocycles. The number of hydrogen-bond acceptors (Lipinski definition) is 3. The van der Waals surface area contributed by atoms with Gasteiger partial charge in [0.05, 0.1) is 12.5 Å². The molecule has 1 rings (SSSR count). The molecule has 1 aliphatic rings. The lowest BCUT2D eigenvalue weighted by molar-refractivity contribution is -0.149. The summed E-state index contributed by atoms with van der Waals surface area (Å²) in [7, 11) is 0. The van der Waals surface area contributed by atoms with Gasteiger partial charge in [-0.2, -0.15) is 0 Å². The van der Waals surface area contributed by atoms with E-state index < -0.39 is 0 Å². The van der Waals surface area contributed by atoms with E-state index in [4.69, 9.17) is 4.74 Å². The molecular formula is C14H27NO2. The third-order valence-corrected chi connectivity index (χ3v) is 3.50. The number of esters is 1. The van der Waals surface area contributed by atoms with Crippen LogP contribution in [0.5, 0.6) is 0 Å². The maximum atomic E-state index is 11.6. The van der Waals surface area contributed by atoms with Crippen molar-refractivity contribution in [3.63, 3.8) is 0 Å². The molecule has 1 aliphatic carbocycles. The Morgan fingerprint density at radius 3 is 2.47 bits per heavy atom. The maximum Gasteiger partial charge on any atom is 0.308 e. The molecule has 0 aromatic heterocycles. The molecule has 0 unspecified atom stereocenters. The summed E-state index contributed by atoms with van der Waals surface area (Å²) in [5.74, 6) is 0.921. The van der Waals surface area contributed by atoms with E-state index in [9.17, 15) is 4.79 Å². The van der Waals surface area contributed by atoms with Crippen molar-refractivity contribution in [2.45, 2.75) is 58.9 Å². The van der Waals surface area contributed by atoms with E-state index in [0.29, 0.717) is 12.6 Å². The standard InChI is InChI=1S/C14H27NO2/c1-4-17-14(16)12-5-7-13(8-6-12)15-10-9-11(2)3/h11-13,15H,4-10H2,1-3H3. The zero-order valence-electron chi connectivity index (χ0n) is 11.5. The second-order valence-electron chi connectivity index (χ2n) is 5.44. The molecule has 0 aromatic carbocycles. The van der Waals surface area contributed by atoms with Crippen molar-refractivity contribution in [1.29, 1.82) is 0 Å². The molecule has 17 heavy (non-hydrogen) atoms. The van der Waals surface area contributed by atoms with Crippen molar-refractivity contribution in [1.82, 2.24) is 5.32 Å². The zero-order valence-corrected chi connectivity index (χ0v) is 11.5. The van der Waals surface area contributed by atoms with E-state index >= 15 is 0 Å². The van der Waals surface area contributed by atoms with Crippen LogP contribution in [0, 0.1) is 11.8 Å². The van der Waals surface area contributed by atoms with E-state index in [1.807, 2.05) is 6.92 Å². The number of hydrogen-bond donors (Lipinski definition) is 1. The Balaban J connectivity index is 2.15. The van der Waals surface area contributed by atoms with Gasteiger partial charge in [-0.3, -0.25) is 4.79 Å². The molecule has 3 heteroatoms. The van der Waals surface area contributed by atoms with Gasteiger partial charge in [0.25, 0.3) is 0 Å². The predicted octanol–water partition coefficient (Wildman–Crippen LogP) is 2.74. The average molecular weight is 241 g/mol. The van der Waals surface area contributed by atoms with Crippen LogP contribution in [-0.4, -0.2) is 25.2 Å². The number of ether oxygens (including phenoxy) is 1. The van der Waals surface area contributed by atoms with Crippen LogP contribution in [0.4, 0.5) is 0 Å². The summed E-state index contributed by atoms with van der Waals surface area (Å²) < 4.78 is 5.07. The van der Waals surface area contributed by atoms with Crippen molar-refractivity contribution in [3.05, 3.63) is 0 Å². The van der Waals surface area contributed by atoms with Crippen LogP contribution < -0.4 is 5.32 Å². The fourth-order valence-corrected chi connectivity index (χ4v) is 2.37. The van der Waals surface area contributed by atoms with Gasteiger partial charge in [0.1, 0.15) is 0 Å². The number of carbonyl (C=O) groups is 1. The minimum Gasteiger partial charge on any atom is -0.466 e. The first-order chi connectivity index (χ1) is 8.13. The van der Waals surface area contributed by atoms with Crippen LogP contribution in [0.1, 0.15) is 52.9 Å². The maximum absolute atomic E-state index is 11.6. The molecule has 0 aromatic rings. The lowest BCUT2D eigenvalue weighted by atomic mass is 9.86. The fourth-order valence-electron chi connectivity index (χ4n) is 2.37. The lowest BCUT2D eigenvalue weighted by Gasteiger charge is -2.28. The quantitative estimate of drug-likeness (QED) is 0.727. The van der Waals surface area contributed by atoms with Crippen LogP contribution in [0.3, 0.4) is 0 Å². The molecule has 0 aliphatic heterocycles. The van der Waals surface area contributed by atoms with Gasteiger partial charge in [-0.1, -0.05) is 13.8 Å². The summed E-state index contributed by atoms with van der Waals surface area (Å²) in [6.07, 6.45) is 5.43. The fraction of sp³-hybridized carbons (Fsp3) is 0.929. The summed E-state index contributed by atoms with van der Waals surface area (Å²) in [6, 6.07) is 0.611. The normalized spacial score (nSPS) is 24.9. The zero-order chi connectivity index (χ0) is 12.7. The predicted molar refractivity (Wildman–Crippen MR) is 69.8 cm³/mol. The third kappa shape index (κ3) is 5.53. The molecule has 0 atom stereocenters. The minimum atomic E-state index is 0.00753. The second kappa shape index (κ2) is 7.70. The van der Waals surface area contributed by atoms with Crippen molar-refractivity contribution in [2.75, 3.05) is 13.2 Å². The first-order valence-corrected chi connectivity index (χ1v) is 7.03. The van der Waals surface area contributed by atoms with Gasteiger partial charge in [-0.15, -0.1) is 0 Å². The van der Waals surface area contributed by atoms with Crippen LogP contribution in [0.25, 0.3) is 0 Å². The summed E-state index contributed by atoms with van der Waals surface area (Å²) in [5, 5.41) is 3.59. The van der Waals surface area contributed by atoms with E-state index in [0.717, 1.165) is 38.1 Å². The Labute approximate surface area is 105 Å². The van der Waals surface area contributed by atoms with Crippen LogP contribution in [0.2, 0.25) is 0 Å². The summed E-state index contributed by atoms with van der Waals surface area (Å²) in [4.78, 5) is 11.6. The number of carbonyl (C=O) groups excluding carboxylic acids is 1. The molecule has 0 bridgehead atoms. The van der Waals surface area contributed by atoms with E-state index in [1.165, 1.54) is 6.42 Å². The molecule has 1 N–H and O–H groups in total. The summed E-state index contributed by atoms with van der Waals surface area (Å²) in [5.41, 5.74) is 0. The lowest BCUT2D eigenvalue weighted by Crippen LogP contribution is -2.36. The van der Waals surface area contributed by atoms with Gasteiger partial charge < -0.3 is 10.1 Å². The highest BCUT2D eigenvalue weighted by Gasteiger charge is 2.26. The molecule has 1 fully saturated rings. The van der Waals surface area contributed by atoms with Crippen molar-refractivity contribution >= 4 is 5.97 Å². The average Bonchev–Trinajstić information content (AvgIpc) is 2.30. The Morgan fingerprint density at radius 2 is 1.94 bits per heavy atom. The molecule has 1 saturated carbocycles. The van der Waals surface area contributed by atoms with Crippen LogP contribution in [-0.2, 0) is 9.53 Å². The molecule has 3 nitrogen and oxygen atoms in total. The second-order valence-corrected chi connectivity index (χ2v) is 5.44. The number of rotatable bonds is 6. The highest BCUT2D eigenvalue weighted by Crippen LogP contribution is 2.25. The van der Waals surface area contributed by atoms with E-state index in [2.05, 4.69) is 19.2 Å². The van der Waals surface area contributed by atoms with Gasteiger partial charge in [-0.05, 0) is 51.5 Å². The monoisotopic (exact) mass is 241 g/mol. The van der Waals surface area contributed by atoms with Crippen molar-refractivity contribution in [3.8, 4) is 0 Å². The van der Waals surface area contributed by atoms with E-state index in [1.54, 1.807) is 0 Å². The Kier molecular flexibility index (Phi) is 6.56. The largest absolute Gasteiger partial charge is 0.466 e. The highest BCUT2D eigenvalue weighted by atomic mass is 16.5. The van der Waals surface area contributed by atoms with E-state index in [-0.39, 0.29) is 11.9 Å². The van der Waals surface area contributed by atoms with Gasteiger partial charge >= 0.3 is 5.97 Å². The van der Waals surface area contributed by atoms with Crippen LogP contribution in [0.15, 0.2) is 0 Å². The molecule has 100 valence electrons. The minimum absolute atomic E-state index is 0.00753. The summed E-state index contributed by atoms with van der Waals surface area (Å²) >= 11 is 0. The molecule has 0 amide bonds. The first-order valence-electron chi connectivity index (χ1n) is 7.03. The third-order valence-electron chi connectivity index (χ3n) is 3.50. The van der Waals surface area contributed by atoms with Crippen molar-refractivity contribution in [2.24, 2.45) is 11.8 Å². The number of nitrogens with one attached hydrogen (secondary N) is 1. The SMILES string of the molecule is CCOC(=O)C1CCC(NCCC(C)C)CC1. The Morgan fingerprint density at radius 1 is 1.29 bits per heavy atom. The van der Waals surface area contributed by atoms with Gasteiger partial charge in [0.2, 0.25) is 0 Å². The highest BCUT2D eigenvalue weighted by molar-refractivity contribution is 5.72. The Hall–Kier alpha value is -0.570. The van der Waals surface area contributed by atoms with Crippen molar-refractivity contribution < 1.29 is 9.53 Å². The van der Waals surface area contributed by atoms with Crippen LogP contribution >= 0.6 is 0 Å². The first kappa shape index (κ1) is 14.5. The summed E-state index contributed by atoms with van der Waals surface area (Å²) in [6.45, 7) is 7.98. The Bertz CT molecular complexity index is 220. The van der Waals surface area contributed by atoms with Gasteiger partial charge in [0, 0.05) is 6.04 Å². The molecule has 0 heterocycles. The molecule has 0 spiro atoms. The van der Waals surface area contributed by atoms with Gasteiger partial charge in [0.15, 0.2) is 0 Å². The topological polar surface area (TPSA) is 38.3 Å². The molecular weight excluding hydrogens is 214 g/mol.